The van der Waals surface area contributed by atoms with Crippen LogP contribution in [0.2, 0.25) is 0 Å². The molecule has 0 bridgehead atoms. The van der Waals surface area contributed by atoms with Crippen LogP contribution in [0.1, 0.15) is 21.1 Å². The molecule has 2 rings (SSSR count). The maximum Gasteiger partial charge on any atom is 0.181 e. The van der Waals surface area contributed by atoms with E-state index in [1.54, 1.807) is 16.8 Å². The summed E-state index contributed by atoms with van der Waals surface area (Å²) in [6, 6.07) is 3.54. The van der Waals surface area contributed by atoms with Crippen LogP contribution in [0.3, 0.4) is 0 Å². The molecule has 0 saturated heterocycles. The molecule has 0 aliphatic carbocycles. The van der Waals surface area contributed by atoms with Crippen molar-refractivity contribution in [1.82, 2.24) is 9.78 Å². The first kappa shape index (κ1) is 10.9. The average molecular weight is 236 g/mol. The molecule has 5 heteroatoms. The number of aryl methyl sites for hydroxylation is 2. The number of aldehydes is 1. The molecular weight excluding hydrogens is 224 g/mol. The summed E-state index contributed by atoms with van der Waals surface area (Å²) in [6.45, 7) is 3.85. The van der Waals surface area contributed by atoms with Gasteiger partial charge in [0.05, 0.1) is 10.6 Å². The summed E-state index contributed by atoms with van der Waals surface area (Å²) in [7, 11) is 1.88. The fraction of sp³-hybridized carbons (Fsp3) is 0.273. The SMILES string of the molecule is Cc1nn(C)c(C)c1Oc1ccc(C=O)s1. The predicted octanol–water partition coefficient (Wildman–Crippen LogP) is 2.70. The molecule has 4 nitrogen and oxygen atoms in total. The third-order valence-electron chi connectivity index (χ3n) is 2.36. The third kappa shape index (κ3) is 1.86. The number of rotatable bonds is 3. The van der Waals surface area contributed by atoms with Gasteiger partial charge in [0.15, 0.2) is 17.1 Å². The molecule has 2 aromatic heterocycles. The van der Waals surface area contributed by atoms with Gasteiger partial charge < -0.3 is 4.74 Å². The van der Waals surface area contributed by atoms with Crippen molar-refractivity contribution in [2.45, 2.75) is 13.8 Å². The molecule has 0 saturated carbocycles. The van der Waals surface area contributed by atoms with Gasteiger partial charge in [-0.15, -0.1) is 0 Å². The van der Waals surface area contributed by atoms with Gasteiger partial charge in [0.1, 0.15) is 5.69 Å². The van der Waals surface area contributed by atoms with Crippen molar-refractivity contribution in [3.8, 4) is 10.8 Å². The lowest BCUT2D eigenvalue weighted by Crippen LogP contribution is -1.92. The minimum Gasteiger partial charge on any atom is -0.443 e. The molecule has 84 valence electrons. The molecule has 0 radical (unpaired) electrons. The van der Waals surface area contributed by atoms with Gasteiger partial charge in [0, 0.05) is 7.05 Å². The second-order valence-electron chi connectivity index (χ2n) is 3.50. The Hall–Kier alpha value is -1.62. The molecule has 16 heavy (non-hydrogen) atoms. The summed E-state index contributed by atoms with van der Waals surface area (Å²) in [5, 5.41) is 4.97. The maximum absolute atomic E-state index is 10.5. The number of hydrogen-bond acceptors (Lipinski definition) is 4. The van der Waals surface area contributed by atoms with Gasteiger partial charge in [0.25, 0.3) is 0 Å². The summed E-state index contributed by atoms with van der Waals surface area (Å²) in [5.41, 5.74) is 1.82. The second-order valence-corrected chi connectivity index (χ2v) is 4.58. The zero-order valence-corrected chi connectivity index (χ0v) is 10.2. The summed E-state index contributed by atoms with van der Waals surface area (Å²) in [5.74, 6) is 0.766. The van der Waals surface area contributed by atoms with E-state index in [-0.39, 0.29) is 0 Å². The quantitative estimate of drug-likeness (QED) is 0.770. The number of carbonyl (C=O) groups is 1. The molecule has 0 aromatic carbocycles. The van der Waals surface area contributed by atoms with E-state index >= 15 is 0 Å². The first-order valence-corrected chi connectivity index (χ1v) is 5.66. The van der Waals surface area contributed by atoms with Crippen LogP contribution in [-0.2, 0) is 7.05 Å². The number of carbonyl (C=O) groups excluding carboxylic acids is 1. The molecule has 0 aliphatic rings. The van der Waals surface area contributed by atoms with Gasteiger partial charge in [-0.3, -0.25) is 9.48 Å². The van der Waals surface area contributed by atoms with Crippen molar-refractivity contribution < 1.29 is 9.53 Å². The summed E-state index contributed by atoms with van der Waals surface area (Å²) in [4.78, 5) is 11.2. The molecule has 0 atom stereocenters. The van der Waals surface area contributed by atoms with Gasteiger partial charge >= 0.3 is 0 Å². The lowest BCUT2D eigenvalue weighted by Gasteiger charge is -2.02. The topological polar surface area (TPSA) is 44.1 Å². The summed E-state index contributed by atoms with van der Waals surface area (Å²) >= 11 is 1.33. The van der Waals surface area contributed by atoms with E-state index in [0.29, 0.717) is 9.94 Å². The fourth-order valence-corrected chi connectivity index (χ4v) is 2.13. The molecule has 0 amide bonds. The van der Waals surface area contributed by atoms with E-state index in [2.05, 4.69) is 5.10 Å². The van der Waals surface area contributed by atoms with E-state index in [0.717, 1.165) is 23.4 Å². The number of aromatic nitrogens is 2. The average Bonchev–Trinajstić information content (AvgIpc) is 2.80. The van der Waals surface area contributed by atoms with E-state index < -0.39 is 0 Å². The van der Waals surface area contributed by atoms with Crippen molar-refractivity contribution >= 4 is 17.6 Å². The van der Waals surface area contributed by atoms with Gasteiger partial charge in [-0.1, -0.05) is 11.3 Å². The molecule has 0 fully saturated rings. The number of ether oxygens (including phenoxy) is 1. The lowest BCUT2D eigenvalue weighted by atomic mass is 10.3. The van der Waals surface area contributed by atoms with Crippen molar-refractivity contribution in [3.63, 3.8) is 0 Å². The minimum atomic E-state index is 0.661. The smallest absolute Gasteiger partial charge is 0.181 e. The Morgan fingerprint density at radius 3 is 2.69 bits per heavy atom. The molecule has 2 heterocycles. The Morgan fingerprint density at radius 2 is 2.19 bits per heavy atom. The zero-order valence-electron chi connectivity index (χ0n) is 9.35. The van der Waals surface area contributed by atoms with Gasteiger partial charge in [-0.2, -0.15) is 5.10 Å². The van der Waals surface area contributed by atoms with Gasteiger partial charge in [0.2, 0.25) is 0 Å². The van der Waals surface area contributed by atoms with Crippen LogP contribution in [0.25, 0.3) is 0 Å². The van der Waals surface area contributed by atoms with Crippen LogP contribution in [0.15, 0.2) is 12.1 Å². The van der Waals surface area contributed by atoms with E-state index in [4.69, 9.17) is 4.74 Å². The first-order chi connectivity index (χ1) is 7.61. The molecule has 0 unspecified atom stereocenters. The van der Waals surface area contributed by atoms with Gasteiger partial charge in [-0.05, 0) is 26.0 Å². The molecule has 2 aromatic rings. The molecular formula is C11H12N2O2S. The minimum absolute atomic E-state index is 0.661. The zero-order chi connectivity index (χ0) is 11.7. The highest BCUT2D eigenvalue weighted by atomic mass is 32.1. The number of nitrogens with zero attached hydrogens (tertiary/aromatic N) is 2. The monoisotopic (exact) mass is 236 g/mol. The summed E-state index contributed by atoms with van der Waals surface area (Å²) in [6.07, 6.45) is 0.820. The predicted molar refractivity (Wildman–Crippen MR) is 62.5 cm³/mol. The second kappa shape index (κ2) is 4.09. The third-order valence-corrected chi connectivity index (χ3v) is 3.25. The Kier molecular flexibility index (Phi) is 2.78. The van der Waals surface area contributed by atoms with E-state index in [1.807, 2.05) is 20.9 Å². The van der Waals surface area contributed by atoms with Crippen LogP contribution in [0.4, 0.5) is 0 Å². The fourth-order valence-electron chi connectivity index (χ4n) is 1.46. The van der Waals surface area contributed by atoms with E-state index in [1.165, 1.54) is 11.3 Å². The molecule has 0 aliphatic heterocycles. The highest BCUT2D eigenvalue weighted by Gasteiger charge is 2.12. The standard InChI is InChI=1S/C11H12N2O2S/c1-7-11(8(2)13(3)12-7)15-10-5-4-9(6-14)16-10/h4-6H,1-3H3. The number of thiophene rings is 1. The van der Waals surface area contributed by atoms with Crippen LogP contribution in [0, 0.1) is 13.8 Å². The van der Waals surface area contributed by atoms with Gasteiger partial charge in [-0.25, -0.2) is 0 Å². The highest BCUT2D eigenvalue weighted by Crippen LogP contribution is 2.32. The van der Waals surface area contributed by atoms with Crippen LogP contribution in [-0.4, -0.2) is 16.1 Å². The van der Waals surface area contributed by atoms with Crippen molar-refractivity contribution in [3.05, 3.63) is 28.4 Å². The highest BCUT2D eigenvalue weighted by molar-refractivity contribution is 7.15. The van der Waals surface area contributed by atoms with Crippen molar-refractivity contribution in [2.75, 3.05) is 0 Å². The maximum atomic E-state index is 10.5. The van der Waals surface area contributed by atoms with Crippen LogP contribution in [0.5, 0.6) is 10.8 Å². The van der Waals surface area contributed by atoms with Crippen molar-refractivity contribution in [2.24, 2.45) is 7.05 Å². The lowest BCUT2D eigenvalue weighted by molar-refractivity contribution is 0.112. The largest absolute Gasteiger partial charge is 0.443 e. The first-order valence-electron chi connectivity index (χ1n) is 4.85. The Labute approximate surface area is 97.5 Å². The number of hydrogen-bond donors (Lipinski definition) is 0. The molecule has 0 spiro atoms. The van der Waals surface area contributed by atoms with Crippen LogP contribution < -0.4 is 4.74 Å². The Bertz CT molecular complexity index is 528. The normalized spacial score (nSPS) is 10.4. The van der Waals surface area contributed by atoms with Crippen LogP contribution >= 0.6 is 11.3 Å². The Morgan fingerprint density at radius 1 is 1.44 bits per heavy atom. The van der Waals surface area contributed by atoms with E-state index in [9.17, 15) is 4.79 Å². The Balaban J connectivity index is 2.29. The van der Waals surface area contributed by atoms with Crippen molar-refractivity contribution in [1.29, 1.82) is 0 Å². The summed E-state index contributed by atoms with van der Waals surface area (Å²) < 4.78 is 7.50. The molecule has 0 N–H and O–H groups in total.